The van der Waals surface area contributed by atoms with Crippen LogP contribution >= 0.6 is 11.8 Å². The lowest BCUT2D eigenvalue weighted by molar-refractivity contribution is -0.122. The van der Waals surface area contributed by atoms with E-state index in [-0.39, 0.29) is 5.91 Å². The average Bonchev–Trinajstić information content (AvgIpc) is 2.41. The third-order valence-electron chi connectivity index (χ3n) is 3.14. The lowest BCUT2D eigenvalue weighted by Gasteiger charge is -2.24. The predicted molar refractivity (Wildman–Crippen MR) is 76.6 cm³/mol. The van der Waals surface area contributed by atoms with Crippen molar-refractivity contribution in [3.8, 4) is 0 Å². The molecule has 1 aromatic rings. The highest BCUT2D eigenvalue weighted by atomic mass is 32.2. The molecule has 98 valence electrons. The molecule has 0 aliphatic carbocycles. The van der Waals surface area contributed by atoms with E-state index >= 15 is 0 Å². The molecule has 1 aromatic carbocycles. The zero-order valence-corrected chi connectivity index (χ0v) is 11.3. The van der Waals surface area contributed by atoms with Gasteiger partial charge in [0.25, 0.3) is 0 Å². The van der Waals surface area contributed by atoms with Crippen LogP contribution in [0.2, 0.25) is 0 Å². The maximum Gasteiger partial charge on any atom is 0.237 e. The molecule has 0 bridgehead atoms. The largest absolute Gasteiger partial charge is 0.351 e. The molecule has 2 rings (SSSR count). The summed E-state index contributed by atoms with van der Waals surface area (Å²) < 4.78 is 0. The number of carbonyl (C=O) groups is 1. The van der Waals surface area contributed by atoms with Gasteiger partial charge < -0.3 is 11.1 Å². The molecule has 0 radical (unpaired) electrons. The van der Waals surface area contributed by atoms with Crippen molar-refractivity contribution in [2.75, 3.05) is 11.5 Å². The van der Waals surface area contributed by atoms with Gasteiger partial charge in [0.05, 0.1) is 6.04 Å². The molecule has 0 aromatic heterocycles. The van der Waals surface area contributed by atoms with Crippen LogP contribution in [0.1, 0.15) is 18.4 Å². The second-order valence-electron chi connectivity index (χ2n) is 4.72. The van der Waals surface area contributed by atoms with Crippen molar-refractivity contribution in [3.63, 3.8) is 0 Å². The Hall–Kier alpha value is -1.00. The summed E-state index contributed by atoms with van der Waals surface area (Å²) in [5.41, 5.74) is 7.06. The van der Waals surface area contributed by atoms with Gasteiger partial charge in [-0.25, -0.2) is 0 Å². The normalized spacial score (nSPS) is 21.3. The summed E-state index contributed by atoms with van der Waals surface area (Å²) in [6.45, 7) is 0. The Kier molecular flexibility index (Phi) is 5.08. The number of carbonyl (C=O) groups excluding carboxylic acids is 1. The number of nitrogens with two attached hydrogens (primary N) is 1. The first kappa shape index (κ1) is 13.4. The molecule has 3 nitrogen and oxygen atoms in total. The van der Waals surface area contributed by atoms with E-state index < -0.39 is 6.04 Å². The lowest BCUT2D eigenvalue weighted by atomic mass is 10.1. The molecule has 1 saturated heterocycles. The Balaban J connectivity index is 1.81. The lowest BCUT2D eigenvalue weighted by Crippen LogP contribution is -2.47. The fourth-order valence-corrected chi connectivity index (χ4v) is 3.20. The van der Waals surface area contributed by atoms with Crippen LogP contribution in [-0.2, 0) is 11.2 Å². The van der Waals surface area contributed by atoms with Crippen LogP contribution in [0, 0.1) is 0 Å². The van der Waals surface area contributed by atoms with Crippen molar-refractivity contribution < 1.29 is 4.79 Å². The number of hydrogen-bond acceptors (Lipinski definition) is 3. The molecule has 1 unspecified atom stereocenters. The Labute approximate surface area is 113 Å². The summed E-state index contributed by atoms with van der Waals surface area (Å²) in [5.74, 6) is 2.21. The maximum atomic E-state index is 12.0. The first-order valence-electron chi connectivity index (χ1n) is 6.43. The fourth-order valence-electron chi connectivity index (χ4n) is 2.12. The van der Waals surface area contributed by atoms with Crippen molar-refractivity contribution in [2.24, 2.45) is 5.73 Å². The van der Waals surface area contributed by atoms with Gasteiger partial charge >= 0.3 is 0 Å². The van der Waals surface area contributed by atoms with E-state index in [1.807, 2.05) is 42.1 Å². The molecule has 4 heteroatoms. The molecule has 1 aliphatic rings. The van der Waals surface area contributed by atoms with E-state index in [4.69, 9.17) is 5.73 Å². The standard InChI is InChI=1S/C14H20N2OS/c15-13(9-11-5-2-1-3-6-11)14(17)16-12-7-4-8-18-10-12/h1-3,5-6,12-13H,4,7-10,15H2,(H,16,17)/t12?,13-/m0/s1. The monoisotopic (exact) mass is 264 g/mol. The van der Waals surface area contributed by atoms with Gasteiger partial charge in [-0.3, -0.25) is 4.79 Å². The van der Waals surface area contributed by atoms with Gasteiger partial charge in [0.15, 0.2) is 0 Å². The molecule has 1 fully saturated rings. The number of nitrogens with one attached hydrogen (secondary N) is 1. The van der Waals surface area contributed by atoms with Crippen molar-refractivity contribution in [1.29, 1.82) is 0 Å². The summed E-state index contributed by atoms with van der Waals surface area (Å²) in [6.07, 6.45) is 2.87. The van der Waals surface area contributed by atoms with Crippen molar-refractivity contribution >= 4 is 17.7 Å². The van der Waals surface area contributed by atoms with Crippen LogP contribution in [0.3, 0.4) is 0 Å². The Morgan fingerprint density at radius 1 is 1.44 bits per heavy atom. The summed E-state index contributed by atoms with van der Waals surface area (Å²) >= 11 is 1.91. The second kappa shape index (κ2) is 6.81. The van der Waals surface area contributed by atoms with Crippen molar-refractivity contribution in [3.05, 3.63) is 35.9 Å². The minimum Gasteiger partial charge on any atom is -0.351 e. The predicted octanol–water partition coefficient (Wildman–Crippen LogP) is 1.57. The third kappa shape index (κ3) is 4.03. The zero-order chi connectivity index (χ0) is 12.8. The number of rotatable bonds is 4. The van der Waals surface area contributed by atoms with Gasteiger partial charge in [0.2, 0.25) is 5.91 Å². The fraction of sp³-hybridized carbons (Fsp3) is 0.500. The first-order chi connectivity index (χ1) is 8.75. The summed E-state index contributed by atoms with van der Waals surface area (Å²) in [4.78, 5) is 12.0. The Morgan fingerprint density at radius 2 is 2.22 bits per heavy atom. The van der Waals surface area contributed by atoms with Crippen molar-refractivity contribution in [2.45, 2.75) is 31.3 Å². The highest BCUT2D eigenvalue weighted by molar-refractivity contribution is 7.99. The van der Waals surface area contributed by atoms with Gasteiger partial charge in [-0.1, -0.05) is 30.3 Å². The molecule has 0 spiro atoms. The van der Waals surface area contributed by atoms with Crippen LogP contribution in [0.25, 0.3) is 0 Å². The number of thioether (sulfide) groups is 1. The van der Waals surface area contributed by atoms with Gasteiger partial charge in [-0.05, 0) is 30.6 Å². The summed E-state index contributed by atoms with van der Waals surface area (Å²) in [7, 11) is 0. The molecule has 2 atom stereocenters. The van der Waals surface area contributed by atoms with Crippen LogP contribution in [-0.4, -0.2) is 29.5 Å². The molecule has 0 saturated carbocycles. The summed E-state index contributed by atoms with van der Waals surface area (Å²) in [5, 5.41) is 3.05. The number of hydrogen-bond donors (Lipinski definition) is 2. The van der Waals surface area contributed by atoms with E-state index in [0.29, 0.717) is 12.5 Å². The van der Waals surface area contributed by atoms with Crippen LogP contribution in [0.15, 0.2) is 30.3 Å². The summed E-state index contributed by atoms with van der Waals surface area (Å²) in [6, 6.07) is 9.77. The topological polar surface area (TPSA) is 55.1 Å². The smallest absolute Gasteiger partial charge is 0.237 e. The van der Waals surface area contributed by atoms with E-state index in [1.165, 1.54) is 12.2 Å². The van der Waals surface area contributed by atoms with Gasteiger partial charge in [-0.2, -0.15) is 11.8 Å². The minimum atomic E-state index is -0.445. The van der Waals surface area contributed by atoms with Crippen LogP contribution in [0.4, 0.5) is 0 Å². The third-order valence-corrected chi connectivity index (χ3v) is 4.36. The highest BCUT2D eigenvalue weighted by Gasteiger charge is 2.20. The zero-order valence-electron chi connectivity index (χ0n) is 10.5. The molecule has 1 aliphatic heterocycles. The average molecular weight is 264 g/mol. The second-order valence-corrected chi connectivity index (χ2v) is 5.87. The van der Waals surface area contributed by atoms with E-state index in [1.54, 1.807) is 0 Å². The molecule has 1 heterocycles. The van der Waals surface area contributed by atoms with E-state index in [9.17, 15) is 4.79 Å². The van der Waals surface area contributed by atoms with Crippen LogP contribution in [0.5, 0.6) is 0 Å². The Morgan fingerprint density at radius 3 is 2.89 bits per heavy atom. The Bertz CT molecular complexity index is 377. The van der Waals surface area contributed by atoms with E-state index in [2.05, 4.69) is 5.32 Å². The van der Waals surface area contributed by atoms with E-state index in [0.717, 1.165) is 17.7 Å². The van der Waals surface area contributed by atoms with Crippen molar-refractivity contribution in [1.82, 2.24) is 5.32 Å². The maximum absolute atomic E-state index is 12.0. The molecular weight excluding hydrogens is 244 g/mol. The molecule has 18 heavy (non-hydrogen) atoms. The highest BCUT2D eigenvalue weighted by Crippen LogP contribution is 2.17. The number of benzene rings is 1. The number of amides is 1. The van der Waals surface area contributed by atoms with Crippen LogP contribution < -0.4 is 11.1 Å². The molecule has 3 N–H and O–H groups in total. The SMILES string of the molecule is N[C@@H](Cc1ccccc1)C(=O)NC1CCCSC1. The van der Waals surface area contributed by atoms with Gasteiger partial charge in [-0.15, -0.1) is 0 Å². The molecular formula is C14H20N2OS. The molecule has 1 amide bonds. The quantitative estimate of drug-likeness (QED) is 0.868. The minimum absolute atomic E-state index is 0.0219. The first-order valence-corrected chi connectivity index (χ1v) is 7.59. The van der Waals surface area contributed by atoms with Gasteiger partial charge in [0.1, 0.15) is 0 Å². The van der Waals surface area contributed by atoms with Gasteiger partial charge in [0, 0.05) is 11.8 Å².